The summed E-state index contributed by atoms with van der Waals surface area (Å²) in [5.74, 6) is 0.737. The van der Waals surface area contributed by atoms with E-state index < -0.39 is 0 Å². The molecule has 0 unspecified atom stereocenters. The highest BCUT2D eigenvalue weighted by atomic mass is 79.9. The molecule has 3 nitrogen and oxygen atoms in total. The number of pyridine rings is 1. The van der Waals surface area contributed by atoms with Crippen LogP contribution in [-0.2, 0) is 0 Å². The lowest BCUT2D eigenvalue weighted by atomic mass is 10.2. The predicted molar refractivity (Wildman–Crippen MR) is 76.8 cm³/mol. The van der Waals surface area contributed by atoms with Crippen LogP contribution >= 0.6 is 27.5 Å². The maximum Gasteiger partial charge on any atom is 0.178 e. The van der Waals surface area contributed by atoms with E-state index in [1.165, 1.54) is 0 Å². The van der Waals surface area contributed by atoms with Crippen molar-refractivity contribution in [2.45, 2.75) is 6.92 Å². The van der Waals surface area contributed by atoms with E-state index in [2.05, 4.69) is 30.9 Å². The van der Waals surface area contributed by atoms with Crippen LogP contribution in [0.2, 0.25) is 5.02 Å². The van der Waals surface area contributed by atoms with Crippen molar-refractivity contribution >= 4 is 38.7 Å². The van der Waals surface area contributed by atoms with Crippen LogP contribution < -0.4 is 0 Å². The number of rotatable bonds is 1. The quantitative estimate of drug-likeness (QED) is 0.723. The number of nitrogens with zero attached hydrogens (tertiary/aromatic N) is 2. The smallest absolute Gasteiger partial charge is 0.178 e. The van der Waals surface area contributed by atoms with Gasteiger partial charge in [-0.15, -0.1) is 0 Å². The highest BCUT2D eigenvalue weighted by Crippen LogP contribution is 2.29. The first-order chi connectivity index (χ1) is 8.63. The zero-order valence-electron chi connectivity index (χ0n) is 9.54. The van der Waals surface area contributed by atoms with Gasteiger partial charge in [0.2, 0.25) is 0 Å². The number of imidazole rings is 1. The second-order valence-corrected chi connectivity index (χ2v) is 5.42. The van der Waals surface area contributed by atoms with E-state index in [9.17, 15) is 0 Å². The van der Waals surface area contributed by atoms with E-state index in [1.807, 2.05) is 31.2 Å². The zero-order valence-corrected chi connectivity index (χ0v) is 11.9. The van der Waals surface area contributed by atoms with Crippen LogP contribution in [0.25, 0.3) is 22.6 Å². The van der Waals surface area contributed by atoms with Gasteiger partial charge in [0.15, 0.2) is 5.65 Å². The number of H-pyrrole nitrogens is 1. The van der Waals surface area contributed by atoms with Crippen LogP contribution in [0, 0.1) is 6.92 Å². The Balaban J connectivity index is 2.19. The summed E-state index contributed by atoms with van der Waals surface area (Å²) in [6.45, 7) is 2.00. The van der Waals surface area contributed by atoms with E-state index in [4.69, 9.17) is 11.6 Å². The van der Waals surface area contributed by atoms with Crippen LogP contribution in [0.3, 0.4) is 0 Å². The van der Waals surface area contributed by atoms with Gasteiger partial charge in [0.05, 0.1) is 10.5 Å². The summed E-state index contributed by atoms with van der Waals surface area (Å²) in [5.41, 5.74) is 3.59. The Bertz CT molecular complexity index is 736. The molecular formula is C13H9BrClN3. The number of hydrogen-bond acceptors (Lipinski definition) is 2. The first-order valence-corrected chi connectivity index (χ1v) is 6.58. The maximum atomic E-state index is 6.21. The molecule has 0 bridgehead atoms. The minimum absolute atomic E-state index is 0.653. The van der Waals surface area contributed by atoms with Crippen LogP contribution in [0.5, 0.6) is 0 Å². The van der Waals surface area contributed by atoms with E-state index >= 15 is 0 Å². The van der Waals surface area contributed by atoms with Gasteiger partial charge in [-0.3, -0.25) is 0 Å². The molecule has 0 aliphatic rings. The minimum Gasteiger partial charge on any atom is -0.337 e. The topological polar surface area (TPSA) is 41.6 Å². The molecule has 0 aliphatic heterocycles. The van der Waals surface area contributed by atoms with Gasteiger partial charge in [-0.1, -0.05) is 27.5 Å². The van der Waals surface area contributed by atoms with Gasteiger partial charge in [-0.25, -0.2) is 9.97 Å². The SMILES string of the molecule is Cc1cnc2nc(-c3ccc(Br)cc3Cl)[nH]c2c1. The van der Waals surface area contributed by atoms with Crippen molar-refractivity contribution in [1.82, 2.24) is 15.0 Å². The first-order valence-electron chi connectivity index (χ1n) is 5.41. The van der Waals surface area contributed by atoms with Crippen LogP contribution in [0.1, 0.15) is 5.56 Å². The second-order valence-electron chi connectivity index (χ2n) is 4.09. The first kappa shape index (κ1) is 11.7. The molecule has 90 valence electrons. The number of nitrogens with one attached hydrogen (secondary N) is 1. The molecule has 0 saturated heterocycles. The molecule has 0 radical (unpaired) electrons. The van der Waals surface area contributed by atoms with Crippen molar-refractivity contribution in [2.75, 3.05) is 0 Å². The normalized spacial score (nSPS) is 11.1. The summed E-state index contributed by atoms with van der Waals surface area (Å²) in [7, 11) is 0. The molecule has 1 N–H and O–H groups in total. The molecule has 3 rings (SSSR count). The fraction of sp³-hybridized carbons (Fsp3) is 0.0769. The van der Waals surface area contributed by atoms with Crippen molar-refractivity contribution in [2.24, 2.45) is 0 Å². The van der Waals surface area contributed by atoms with Crippen LogP contribution in [-0.4, -0.2) is 15.0 Å². The fourth-order valence-electron chi connectivity index (χ4n) is 1.81. The Morgan fingerprint density at radius 3 is 2.89 bits per heavy atom. The van der Waals surface area contributed by atoms with E-state index in [0.717, 1.165) is 26.9 Å². The van der Waals surface area contributed by atoms with Crippen LogP contribution in [0.4, 0.5) is 0 Å². The van der Waals surface area contributed by atoms with Gasteiger partial charge >= 0.3 is 0 Å². The zero-order chi connectivity index (χ0) is 12.7. The molecule has 0 saturated carbocycles. The second kappa shape index (κ2) is 4.37. The number of aryl methyl sites for hydroxylation is 1. The van der Waals surface area contributed by atoms with Gasteiger partial charge in [-0.05, 0) is 36.8 Å². The number of aromatic amines is 1. The Labute approximate surface area is 117 Å². The molecule has 0 spiro atoms. The van der Waals surface area contributed by atoms with Gasteiger partial charge < -0.3 is 4.98 Å². The third-order valence-corrected chi connectivity index (χ3v) is 3.47. The van der Waals surface area contributed by atoms with Crippen molar-refractivity contribution in [3.8, 4) is 11.4 Å². The van der Waals surface area contributed by atoms with Crippen molar-refractivity contribution in [1.29, 1.82) is 0 Å². The molecule has 1 aromatic carbocycles. The van der Waals surface area contributed by atoms with Crippen molar-refractivity contribution in [3.63, 3.8) is 0 Å². The number of hydrogen-bond donors (Lipinski definition) is 1. The highest BCUT2D eigenvalue weighted by Gasteiger charge is 2.09. The lowest BCUT2D eigenvalue weighted by Crippen LogP contribution is -1.82. The molecule has 3 aromatic rings. The standard InChI is InChI=1S/C13H9BrClN3/c1-7-4-11-13(16-6-7)18-12(17-11)9-3-2-8(14)5-10(9)15/h2-6H,1H3,(H,16,17,18). The Hall–Kier alpha value is -1.39. The molecule has 5 heteroatoms. The molecule has 0 aliphatic carbocycles. The lowest BCUT2D eigenvalue weighted by molar-refractivity contribution is 1.28. The fourth-order valence-corrected chi connectivity index (χ4v) is 2.58. The monoisotopic (exact) mass is 321 g/mol. The number of aromatic nitrogens is 3. The van der Waals surface area contributed by atoms with Crippen molar-refractivity contribution in [3.05, 3.63) is 45.5 Å². The number of fused-ring (bicyclic) bond motifs is 1. The summed E-state index contributed by atoms with van der Waals surface area (Å²) in [5, 5.41) is 0.653. The van der Waals surface area contributed by atoms with Gasteiger partial charge in [0.1, 0.15) is 5.82 Å². The number of halogens is 2. The average Bonchev–Trinajstić information content (AvgIpc) is 2.71. The molecule has 0 atom stereocenters. The molecular weight excluding hydrogens is 314 g/mol. The molecule has 0 amide bonds. The summed E-state index contributed by atoms with van der Waals surface area (Å²) in [4.78, 5) is 12.0. The third-order valence-electron chi connectivity index (χ3n) is 2.66. The Morgan fingerprint density at radius 1 is 1.28 bits per heavy atom. The summed E-state index contributed by atoms with van der Waals surface area (Å²) >= 11 is 9.60. The van der Waals surface area contributed by atoms with Gasteiger partial charge in [-0.2, -0.15) is 0 Å². The Kier molecular flexibility index (Phi) is 2.84. The lowest BCUT2D eigenvalue weighted by Gasteiger charge is -2.00. The van der Waals surface area contributed by atoms with E-state index in [1.54, 1.807) is 6.20 Å². The molecule has 0 fully saturated rings. The Morgan fingerprint density at radius 2 is 2.11 bits per heavy atom. The van der Waals surface area contributed by atoms with Gasteiger partial charge in [0, 0.05) is 16.2 Å². The van der Waals surface area contributed by atoms with Crippen molar-refractivity contribution < 1.29 is 0 Å². The van der Waals surface area contributed by atoms with Crippen LogP contribution in [0.15, 0.2) is 34.9 Å². The summed E-state index contributed by atoms with van der Waals surface area (Å²) in [6, 6.07) is 7.73. The van der Waals surface area contributed by atoms with E-state index in [0.29, 0.717) is 10.7 Å². The third kappa shape index (κ3) is 2.02. The average molecular weight is 323 g/mol. The van der Waals surface area contributed by atoms with Gasteiger partial charge in [0.25, 0.3) is 0 Å². The largest absolute Gasteiger partial charge is 0.337 e. The molecule has 2 aromatic heterocycles. The molecule has 18 heavy (non-hydrogen) atoms. The maximum absolute atomic E-state index is 6.21. The van der Waals surface area contributed by atoms with E-state index in [-0.39, 0.29) is 0 Å². The highest BCUT2D eigenvalue weighted by molar-refractivity contribution is 9.10. The predicted octanol–water partition coefficient (Wildman–Crippen LogP) is 4.35. The summed E-state index contributed by atoms with van der Waals surface area (Å²) in [6.07, 6.45) is 1.80. The summed E-state index contributed by atoms with van der Waals surface area (Å²) < 4.78 is 0.946. The molecule has 2 heterocycles. The minimum atomic E-state index is 0.653. The number of benzene rings is 1.